The van der Waals surface area contributed by atoms with E-state index in [-0.39, 0.29) is 0 Å². The fraction of sp³-hybridized carbons (Fsp3) is 0. The van der Waals surface area contributed by atoms with E-state index in [9.17, 15) is 0 Å². The van der Waals surface area contributed by atoms with Gasteiger partial charge in [-0.05, 0) is 159 Å². The van der Waals surface area contributed by atoms with E-state index in [1.54, 1.807) is 0 Å². The largest absolute Gasteiger partial charge is 0.310 e. The van der Waals surface area contributed by atoms with Gasteiger partial charge in [-0.2, -0.15) is 0 Å². The Morgan fingerprint density at radius 3 is 1.02 bits per heavy atom. The molecule has 61 heavy (non-hydrogen) atoms. The highest BCUT2D eigenvalue weighted by molar-refractivity contribution is 6.14. The first-order valence-electron chi connectivity index (χ1n) is 21.1. The Bertz CT molecular complexity index is 3400. The number of nitrogens with zero attached hydrogens (tertiary/aromatic N) is 1. The lowest BCUT2D eigenvalue weighted by Gasteiger charge is -2.27. The molecular formula is C60H39N. The van der Waals surface area contributed by atoms with Crippen molar-refractivity contribution in [1.29, 1.82) is 0 Å². The molecule has 0 aliphatic rings. The molecule has 0 saturated heterocycles. The molecule has 1 heteroatoms. The third kappa shape index (κ3) is 6.02. The molecule has 0 N–H and O–H groups in total. The zero-order valence-corrected chi connectivity index (χ0v) is 33.5. The van der Waals surface area contributed by atoms with Gasteiger partial charge in [-0.1, -0.05) is 176 Å². The predicted molar refractivity (Wildman–Crippen MR) is 262 cm³/mol. The Hall–Kier alpha value is -8.00. The number of hydrogen-bond donors (Lipinski definition) is 0. The quantitative estimate of drug-likeness (QED) is 0.152. The van der Waals surface area contributed by atoms with Crippen molar-refractivity contribution in [3.63, 3.8) is 0 Å². The van der Waals surface area contributed by atoms with Crippen LogP contribution in [-0.2, 0) is 0 Å². The molecule has 0 atom stereocenters. The summed E-state index contributed by atoms with van der Waals surface area (Å²) >= 11 is 0. The standard InChI is InChI=1S/C60H39N/c1-2-16-41-39-58-46(33-40(41)15-1)22-14-32-53(58)47-21-11-25-50(36-47)61(51-26-12-23-48(37-51)59-54-28-7-3-17-42(54)34-43-18-4-8-29-55(43)59)52-27-13-24-49(38-52)60-56-30-9-5-19-44(56)35-45-20-6-10-31-57(45)60/h1-39H. The zero-order chi connectivity index (χ0) is 40.3. The van der Waals surface area contributed by atoms with Crippen LogP contribution in [0.25, 0.3) is 98.0 Å². The lowest BCUT2D eigenvalue weighted by molar-refractivity contribution is 1.28. The second-order valence-electron chi connectivity index (χ2n) is 16.1. The summed E-state index contributed by atoms with van der Waals surface area (Å²) in [6.45, 7) is 0. The van der Waals surface area contributed by atoms with Crippen molar-refractivity contribution >= 4 is 81.7 Å². The van der Waals surface area contributed by atoms with Crippen LogP contribution in [-0.4, -0.2) is 0 Å². The molecule has 1 nitrogen and oxygen atoms in total. The number of fused-ring (bicyclic) bond motifs is 6. The summed E-state index contributed by atoms with van der Waals surface area (Å²) in [6.07, 6.45) is 0. The Labute approximate surface area is 355 Å². The van der Waals surface area contributed by atoms with E-state index in [1.165, 1.54) is 98.0 Å². The molecule has 284 valence electrons. The molecule has 0 heterocycles. The average Bonchev–Trinajstić information content (AvgIpc) is 3.32. The molecule has 0 amide bonds. The Morgan fingerprint density at radius 2 is 0.541 bits per heavy atom. The first-order valence-corrected chi connectivity index (χ1v) is 21.1. The van der Waals surface area contributed by atoms with E-state index in [1.807, 2.05) is 0 Å². The van der Waals surface area contributed by atoms with E-state index < -0.39 is 0 Å². The van der Waals surface area contributed by atoms with Gasteiger partial charge in [-0.25, -0.2) is 0 Å². The van der Waals surface area contributed by atoms with Crippen LogP contribution in [0.5, 0.6) is 0 Å². The molecule has 0 bridgehead atoms. The van der Waals surface area contributed by atoms with Gasteiger partial charge >= 0.3 is 0 Å². The third-order valence-electron chi connectivity index (χ3n) is 12.5. The summed E-state index contributed by atoms with van der Waals surface area (Å²) in [5, 5.41) is 14.9. The van der Waals surface area contributed by atoms with Gasteiger partial charge in [0.2, 0.25) is 0 Å². The SMILES string of the molecule is c1cc(-c2cccc3cc4ccccc4cc23)cc(N(c2cccc(-c3c4ccccc4cc4ccccc34)c2)c2cccc(-c3c4ccccc4cc4ccccc34)c2)c1. The predicted octanol–water partition coefficient (Wildman–Crippen LogP) is 17.1. The van der Waals surface area contributed by atoms with Crippen molar-refractivity contribution in [2.24, 2.45) is 0 Å². The van der Waals surface area contributed by atoms with Gasteiger partial charge in [0.25, 0.3) is 0 Å². The second-order valence-corrected chi connectivity index (χ2v) is 16.1. The van der Waals surface area contributed by atoms with E-state index in [0.29, 0.717) is 0 Å². The van der Waals surface area contributed by atoms with Crippen LogP contribution in [0.2, 0.25) is 0 Å². The molecule has 0 fully saturated rings. The Kier molecular flexibility index (Phi) is 8.25. The molecule has 0 aliphatic heterocycles. The van der Waals surface area contributed by atoms with Gasteiger partial charge in [0.05, 0.1) is 0 Å². The number of benzene rings is 12. The van der Waals surface area contributed by atoms with Crippen LogP contribution < -0.4 is 4.90 Å². The summed E-state index contributed by atoms with van der Waals surface area (Å²) < 4.78 is 0. The third-order valence-corrected chi connectivity index (χ3v) is 12.5. The molecule has 0 spiro atoms. The van der Waals surface area contributed by atoms with E-state index in [2.05, 4.69) is 241 Å². The fourth-order valence-corrected chi connectivity index (χ4v) is 9.73. The normalized spacial score (nSPS) is 11.6. The van der Waals surface area contributed by atoms with Crippen LogP contribution in [0.3, 0.4) is 0 Å². The minimum absolute atomic E-state index is 1.09. The highest BCUT2D eigenvalue weighted by atomic mass is 15.1. The molecule has 12 rings (SSSR count). The van der Waals surface area contributed by atoms with Gasteiger partial charge in [0.1, 0.15) is 0 Å². The summed E-state index contributed by atoms with van der Waals surface area (Å²) in [5.74, 6) is 0. The van der Waals surface area contributed by atoms with Gasteiger partial charge in [-0.15, -0.1) is 0 Å². The molecule has 0 radical (unpaired) electrons. The molecule has 0 aromatic heterocycles. The summed E-state index contributed by atoms with van der Waals surface area (Å²) in [6, 6.07) is 87.1. The maximum absolute atomic E-state index is 2.44. The molecule has 0 aliphatic carbocycles. The highest BCUT2D eigenvalue weighted by Crippen LogP contribution is 2.44. The van der Waals surface area contributed by atoms with Crippen molar-refractivity contribution in [3.05, 3.63) is 237 Å². The van der Waals surface area contributed by atoms with Crippen LogP contribution in [0.15, 0.2) is 237 Å². The molecule has 12 aromatic carbocycles. The Morgan fingerprint density at radius 1 is 0.213 bits per heavy atom. The smallest absolute Gasteiger partial charge is 0.0467 e. The van der Waals surface area contributed by atoms with Crippen molar-refractivity contribution in [2.75, 3.05) is 4.90 Å². The van der Waals surface area contributed by atoms with Gasteiger partial charge in [0, 0.05) is 17.1 Å². The number of rotatable bonds is 6. The number of hydrogen-bond acceptors (Lipinski definition) is 1. The summed E-state index contributed by atoms with van der Waals surface area (Å²) in [4.78, 5) is 2.44. The maximum atomic E-state index is 2.44. The van der Waals surface area contributed by atoms with Gasteiger partial charge < -0.3 is 4.90 Å². The number of anilines is 3. The molecule has 0 saturated carbocycles. The fourth-order valence-electron chi connectivity index (χ4n) is 9.73. The van der Waals surface area contributed by atoms with Crippen molar-refractivity contribution in [2.45, 2.75) is 0 Å². The Balaban J connectivity index is 1.09. The first-order chi connectivity index (χ1) is 30.2. The monoisotopic (exact) mass is 773 g/mol. The van der Waals surface area contributed by atoms with E-state index >= 15 is 0 Å². The van der Waals surface area contributed by atoms with Crippen molar-refractivity contribution in [3.8, 4) is 33.4 Å². The van der Waals surface area contributed by atoms with Crippen LogP contribution in [0.4, 0.5) is 17.1 Å². The lowest BCUT2D eigenvalue weighted by Crippen LogP contribution is -2.10. The summed E-state index contributed by atoms with van der Waals surface area (Å²) in [5.41, 5.74) is 10.5. The lowest BCUT2D eigenvalue weighted by atomic mass is 9.91. The van der Waals surface area contributed by atoms with Gasteiger partial charge in [-0.3, -0.25) is 0 Å². The topological polar surface area (TPSA) is 3.24 Å². The zero-order valence-electron chi connectivity index (χ0n) is 33.5. The van der Waals surface area contributed by atoms with Gasteiger partial charge in [0.15, 0.2) is 0 Å². The average molecular weight is 774 g/mol. The molecule has 0 unspecified atom stereocenters. The van der Waals surface area contributed by atoms with Crippen molar-refractivity contribution in [1.82, 2.24) is 0 Å². The highest BCUT2D eigenvalue weighted by Gasteiger charge is 2.19. The van der Waals surface area contributed by atoms with Crippen LogP contribution in [0, 0.1) is 0 Å². The minimum Gasteiger partial charge on any atom is -0.310 e. The van der Waals surface area contributed by atoms with Crippen LogP contribution in [0.1, 0.15) is 0 Å². The van der Waals surface area contributed by atoms with Crippen LogP contribution >= 0.6 is 0 Å². The van der Waals surface area contributed by atoms with E-state index in [4.69, 9.17) is 0 Å². The summed E-state index contributed by atoms with van der Waals surface area (Å²) in [7, 11) is 0. The minimum atomic E-state index is 1.09. The maximum Gasteiger partial charge on any atom is 0.0467 e. The van der Waals surface area contributed by atoms with E-state index in [0.717, 1.165) is 17.1 Å². The second kappa shape index (κ2) is 14.4. The molecule has 12 aromatic rings. The molecular weight excluding hydrogens is 735 g/mol. The van der Waals surface area contributed by atoms with Crippen molar-refractivity contribution < 1.29 is 0 Å². The first kappa shape index (κ1) is 35.0.